The van der Waals surface area contributed by atoms with E-state index in [0.29, 0.717) is 19.4 Å². The number of rotatable bonds is 11. The van der Waals surface area contributed by atoms with E-state index in [4.69, 9.17) is 0 Å². The maximum absolute atomic E-state index is 11.7. The quantitative estimate of drug-likeness (QED) is 0.510. The number of hydrogen-bond acceptors (Lipinski definition) is 2. The fourth-order valence-electron chi connectivity index (χ4n) is 2.15. The molecule has 0 fully saturated rings. The topological polar surface area (TPSA) is 78.4 Å². The molecule has 0 spiro atoms. The molecule has 0 atom stereocenters. The van der Waals surface area contributed by atoms with Crippen molar-refractivity contribution in [1.29, 1.82) is 0 Å². The Morgan fingerprint density at radius 1 is 0.950 bits per heavy atom. The van der Waals surface area contributed by atoms with Crippen LogP contribution >= 0.6 is 0 Å². The molecule has 0 radical (unpaired) electrons. The Kier molecular flexibility index (Phi) is 9.86. The van der Waals surface area contributed by atoms with Crippen LogP contribution in [-0.2, 0) is 4.79 Å². The summed E-state index contributed by atoms with van der Waals surface area (Å²) >= 11 is 0. The van der Waals surface area contributed by atoms with Crippen LogP contribution in [0.4, 0.5) is 4.79 Å². The minimum absolute atomic E-state index is 0.378. The number of nitrogens with one attached hydrogen (secondary N) is 2. The number of carboxylic acids is 1. The maximum atomic E-state index is 11.7. The van der Waals surface area contributed by atoms with E-state index >= 15 is 0 Å². The molecule has 0 aromatic heterocycles. The fraction of sp³-hybridized carbons (Fsp3) is 0.867. The normalized spacial score (nSPS) is 11.2. The first-order chi connectivity index (χ1) is 9.52. The maximum Gasteiger partial charge on any atom is 0.329 e. The van der Waals surface area contributed by atoms with E-state index in [1.165, 1.54) is 25.7 Å². The van der Waals surface area contributed by atoms with Crippen molar-refractivity contribution in [2.45, 2.75) is 77.7 Å². The van der Waals surface area contributed by atoms with E-state index in [0.717, 1.165) is 12.8 Å². The van der Waals surface area contributed by atoms with Gasteiger partial charge in [0, 0.05) is 6.54 Å². The van der Waals surface area contributed by atoms with Crippen molar-refractivity contribution >= 4 is 12.0 Å². The number of amides is 2. The zero-order valence-electron chi connectivity index (χ0n) is 13.1. The van der Waals surface area contributed by atoms with E-state index < -0.39 is 11.5 Å². The van der Waals surface area contributed by atoms with Crippen LogP contribution in [0.3, 0.4) is 0 Å². The molecule has 0 aliphatic rings. The number of carboxylic acid groups (broad SMARTS) is 1. The molecule has 5 nitrogen and oxygen atoms in total. The highest BCUT2D eigenvalue weighted by molar-refractivity contribution is 5.86. The highest BCUT2D eigenvalue weighted by Gasteiger charge is 2.36. The minimum atomic E-state index is -1.15. The molecule has 0 rings (SSSR count). The van der Waals surface area contributed by atoms with Crippen LogP contribution in [0.1, 0.15) is 72.1 Å². The molecule has 0 unspecified atom stereocenters. The smallest absolute Gasteiger partial charge is 0.329 e. The Balaban J connectivity index is 3.89. The summed E-state index contributed by atoms with van der Waals surface area (Å²) in [7, 11) is 0. The van der Waals surface area contributed by atoms with Gasteiger partial charge in [0.05, 0.1) is 0 Å². The van der Waals surface area contributed by atoms with Crippen molar-refractivity contribution in [3.63, 3.8) is 0 Å². The first-order valence-electron chi connectivity index (χ1n) is 7.81. The van der Waals surface area contributed by atoms with Crippen LogP contribution in [0.15, 0.2) is 0 Å². The average molecular weight is 286 g/mol. The van der Waals surface area contributed by atoms with Gasteiger partial charge in [-0.2, -0.15) is 0 Å². The summed E-state index contributed by atoms with van der Waals surface area (Å²) in [5, 5.41) is 14.6. The van der Waals surface area contributed by atoms with Crippen LogP contribution in [0, 0.1) is 0 Å². The van der Waals surface area contributed by atoms with Crippen molar-refractivity contribution in [1.82, 2.24) is 10.6 Å². The van der Waals surface area contributed by atoms with E-state index in [2.05, 4.69) is 17.6 Å². The van der Waals surface area contributed by atoms with Gasteiger partial charge in [0.1, 0.15) is 5.54 Å². The van der Waals surface area contributed by atoms with E-state index in [9.17, 15) is 14.7 Å². The van der Waals surface area contributed by atoms with Crippen LogP contribution in [-0.4, -0.2) is 29.2 Å². The Bertz CT molecular complexity index is 289. The van der Waals surface area contributed by atoms with Crippen molar-refractivity contribution in [2.24, 2.45) is 0 Å². The fourth-order valence-corrected chi connectivity index (χ4v) is 2.15. The molecule has 0 bridgehead atoms. The molecule has 0 heterocycles. The van der Waals surface area contributed by atoms with Gasteiger partial charge in [-0.15, -0.1) is 0 Å². The molecule has 20 heavy (non-hydrogen) atoms. The highest BCUT2D eigenvalue weighted by Crippen LogP contribution is 2.15. The van der Waals surface area contributed by atoms with Gasteiger partial charge in [-0.05, 0) is 19.3 Å². The lowest BCUT2D eigenvalue weighted by Crippen LogP contribution is -2.56. The van der Waals surface area contributed by atoms with E-state index in [1.54, 1.807) is 13.8 Å². The summed E-state index contributed by atoms with van der Waals surface area (Å²) in [6.45, 7) is 6.32. The van der Waals surface area contributed by atoms with Crippen molar-refractivity contribution in [3.8, 4) is 0 Å². The van der Waals surface area contributed by atoms with Gasteiger partial charge in [0.15, 0.2) is 0 Å². The second-order valence-electron chi connectivity index (χ2n) is 5.24. The molecule has 3 N–H and O–H groups in total. The van der Waals surface area contributed by atoms with Crippen LogP contribution in [0.5, 0.6) is 0 Å². The second kappa shape index (κ2) is 10.5. The lowest BCUT2D eigenvalue weighted by atomic mass is 9.93. The number of hydrogen-bond donors (Lipinski definition) is 3. The lowest BCUT2D eigenvalue weighted by molar-refractivity contribution is -0.144. The summed E-state index contributed by atoms with van der Waals surface area (Å²) < 4.78 is 0. The van der Waals surface area contributed by atoms with Crippen molar-refractivity contribution in [3.05, 3.63) is 0 Å². The number of carbonyl (C=O) groups is 2. The van der Waals surface area contributed by atoms with Gasteiger partial charge in [-0.3, -0.25) is 0 Å². The summed E-state index contributed by atoms with van der Waals surface area (Å²) in [4.78, 5) is 23.0. The molecule has 0 aliphatic heterocycles. The molecule has 0 saturated heterocycles. The van der Waals surface area contributed by atoms with Gasteiger partial charge in [-0.1, -0.05) is 52.9 Å². The van der Waals surface area contributed by atoms with E-state index in [1.807, 2.05) is 0 Å². The molecule has 0 saturated carbocycles. The third-order valence-electron chi connectivity index (χ3n) is 3.79. The number of aliphatic carboxylic acids is 1. The summed E-state index contributed by atoms with van der Waals surface area (Å²) in [6, 6.07) is -0.385. The monoisotopic (exact) mass is 286 g/mol. The molecular weight excluding hydrogens is 256 g/mol. The molecule has 0 aliphatic carbocycles. The summed E-state index contributed by atoms with van der Waals surface area (Å²) in [5.41, 5.74) is -1.15. The molecule has 118 valence electrons. The molecule has 2 amide bonds. The van der Waals surface area contributed by atoms with Gasteiger partial charge in [0.2, 0.25) is 0 Å². The minimum Gasteiger partial charge on any atom is -0.480 e. The first kappa shape index (κ1) is 18.7. The number of carbonyl (C=O) groups excluding carboxylic acids is 1. The Hall–Kier alpha value is -1.26. The molecule has 5 heteroatoms. The van der Waals surface area contributed by atoms with Crippen LogP contribution in [0.25, 0.3) is 0 Å². The first-order valence-corrected chi connectivity index (χ1v) is 7.81. The van der Waals surface area contributed by atoms with Gasteiger partial charge in [0.25, 0.3) is 0 Å². The standard InChI is InChI=1S/C15H30N2O3/c1-4-7-8-9-10-11-12-16-14(20)17-15(5-2,6-3)13(18)19/h4-12H2,1-3H3,(H,18,19)(H2,16,17,20). The SMILES string of the molecule is CCCCCCCCNC(=O)NC(CC)(CC)C(=O)O. The van der Waals surface area contributed by atoms with Gasteiger partial charge < -0.3 is 15.7 Å². The average Bonchev–Trinajstić information content (AvgIpc) is 2.43. The number of unbranched alkanes of at least 4 members (excludes halogenated alkanes) is 5. The predicted molar refractivity (Wildman–Crippen MR) is 80.9 cm³/mol. The zero-order chi connectivity index (χ0) is 15.4. The predicted octanol–water partition coefficient (Wildman–Crippen LogP) is 3.29. The lowest BCUT2D eigenvalue weighted by Gasteiger charge is -2.28. The van der Waals surface area contributed by atoms with Crippen LogP contribution < -0.4 is 10.6 Å². The van der Waals surface area contributed by atoms with Gasteiger partial charge >= 0.3 is 12.0 Å². The third-order valence-corrected chi connectivity index (χ3v) is 3.79. The Morgan fingerprint density at radius 2 is 1.50 bits per heavy atom. The van der Waals surface area contributed by atoms with Crippen molar-refractivity contribution < 1.29 is 14.7 Å². The third kappa shape index (κ3) is 6.78. The molecule has 0 aromatic rings. The van der Waals surface area contributed by atoms with Gasteiger partial charge in [-0.25, -0.2) is 9.59 Å². The molecular formula is C15H30N2O3. The Labute approximate surface area is 122 Å². The summed E-state index contributed by atoms with van der Waals surface area (Å²) in [6.07, 6.45) is 7.73. The second-order valence-corrected chi connectivity index (χ2v) is 5.24. The highest BCUT2D eigenvalue weighted by atomic mass is 16.4. The number of urea groups is 1. The van der Waals surface area contributed by atoms with E-state index in [-0.39, 0.29) is 6.03 Å². The van der Waals surface area contributed by atoms with Crippen molar-refractivity contribution in [2.75, 3.05) is 6.54 Å². The molecule has 0 aromatic carbocycles. The van der Waals surface area contributed by atoms with Crippen LogP contribution in [0.2, 0.25) is 0 Å². The Morgan fingerprint density at radius 3 is 2.00 bits per heavy atom. The largest absolute Gasteiger partial charge is 0.480 e. The zero-order valence-corrected chi connectivity index (χ0v) is 13.1. The summed E-state index contributed by atoms with van der Waals surface area (Å²) in [5.74, 6) is -0.975.